The van der Waals surface area contributed by atoms with E-state index in [1.54, 1.807) is 6.92 Å². The number of amides is 1. The predicted octanol–water partition coefficient (Wildman–Crippen LogP) is 3.44. The van der Waals surface area contributed by atoms with Gasteiger partial charge in [-0.05, 0) is 36.0 Å². The van der Waals surface area contributed by atoms with Crippen LogP contribution in [0.3, 0.4) is 0 Å². The molecule has 6 heteroatoms. The summed E-state index contributed by atoms with van der Waals surface area (Å²) in [6.07, 6.45) is 1.43. The van der Waals surface area contributed by atoms with Crippen molar-refractivity contribution < 1.29 is 9.59 Å². The highest BCUT2D eigenvalue weighted by Crippen LogP contribution is 2.41. The van der Waals surface area contributed by atoms with Crippen LogP contribution in [0, 0.1) is 6.92 Å². The molecule has 1 amide bonds. The highest BCUT2D eigenvalue weighted by molar-refractivity contribution is 6.04. The van der Waals surface area contributed by atoms with Gasteiger partial charge in [-0.3, -0.25) is 9.59 Å². The van der Waals surface area contributed by atoms with Crippen LogP contribution in [0.5, 0.6) is 0 Å². The SMILES string of the molecule is Cc1nc(N)nc2c1C(=O)CC(c1ccccc1-c1cccc3c1NC(=O)C3)C2. The van der Waals surface area contributed by atoms with Crippen LogP contribution < -0.4 is 11.1 Å². The lowest BCUT2D eigenvalue weighted by Gasteiger charge is -2.26. The van der Waals surface area contributed by atoms with E-state index in [-0.39, 0.29) is 23.6 Å². The minimum absolute atomic E-state index is 0.00661. The molecule has 1 unspecified atom stereocenters. The van der Waals surface area contributed by atoms with E-state index in [0.717, 1.165) is 33.6 Å². The number of nitrogens with two attached hydrogens (primary N) is 1. The number of hydrogen-bond donors (Lipinski definition) is 2. The number of Topliss-reactive ketones (excluding diaryl/α,β-unsaturated/α-hetero) is 1. The van der Waals surface area contributed by atoms with Crippen molar-refractivity contribution >= 4 is 23.3 Å². The Balaban J connectivity index is 1.61. The standard InChI is InChI=1S/C23H20N4O2/c1-12-21-18(26-23(24)25-12)9-14(10-19(21)28)15-6-2-3-7-16(15)17-8-4-5-13-11-20(29)27-22(13)17/h2-8,14H,9-11H2,1H3,(H,27,29)(H2,24,25,26). The molecule has 29 heavy (non-hydrogen) atoms. The van der Waals surface area contributed by atoms with Crippen molar-refractivity contribution in [1.82, 2.24) is 9.97 Å². The molecular weight excluding hydrogens is 364 g/mol. The van der Waals surface area contributed by atoms with Gasteiger partial charge in [0.15, 0.2) is 5.78 Å². The molecule has 1 atom stereocenters. The molecule has 3 N–H and O–H groups in total. The zero-order valence-corrected chi connectivity index (χ0v) is 16.0. The summed E-state index contributed by atoms with van der Waals surface area (Å²) in [6, 6.07) is 14.1. The predicted molar refractivity (Wildman–Crippen MR) is 111 cm³/mol. The lowest BCUT2D eigenvalue weighted by molar-refractivity contribution is -0.115. The first-order valence-electron chi connectivity index (χ1n) is 9.68. The van der Waals surface area contributed by atoms with Crippen molar-refractivity contribution in [3.8, 4) is 11.1 Å². The number of hydrogen-bond acceptors (Lipinski definition) is 5. The maximum absolute atomic E-state index is 12.9. The topological polar surface area (TPSA) is 98.0 Å². The molecule has 1 aliphatic heterocycles. The summed E-state index contributed by atoms with van der Waals surface area (Å²) in [5, 5.41) is 2.99. The summed E-state index contributed by atoms with van der Waals surface area (Å²) < 4.78 is 0. The van der Waals surface area contributed by atoms with Crippen molar-refractivity contribution in [1.29, 1.82) is 0 Å². The fourth-order valence-corrected chi connectivity index (χ4v) is 4.59. The van der Waals surface area contributed by atoms with E-state index >= 15 is 0 Å². The van der Waals surface area contributed by atoms with Gasteiger partial charge in [-0.1, -0.05) is 42.5 Å². The second kappa shape index (κ2) is 6.51. The smallest absolute Gasteiger partial charge is 0.228 e. The molecule has 0 saturated carbocycles. The number of nitrogens with one attached hydrogen (secondary N) is 1. The number of para-hydroxylation sites is 1. The first kappa shape index (κ1) is 17.6. The lowest BCUT2D eigenvalue weighted by Crippen LogP contribution is -2.23. The molecule has 0 fully saturated rings. The van der Waals surface area contributed by atoms with Gasteiger partial charge in [0.1, 0.15) is 0 Å². The molecule has 1 aliphatic carbocycles. The van der Waals surface area contributed by atoms with Crippen LogP contribution in [0.1, 0.15) is 45.2 Å². The van der Waals surface area contributed by atoms with Gasteiger partial charge in [0.05, 0.1) is 29.1 Å². The summed E-state index contributed by atoms with van der Waals surface area (Å²) in [5.74, 6) is 0.254. The van der Waals surface area contributed by atoms with Gasteiger partial charge < -0.3 is 11.1 Å². The van der Waals surface area contributed by atoms with Crippen LogP contribution in [-0.2, 0) is 17.6 Å². The fraction of sp³-hybridized carbons (Fsp3) is 0.217. The Morgan fingerprint density at radius 3 is 2.66 bits per heavy atom. The number of nitrogen functional groups attached to an aromatic ring is 1. The maximum atomic E-state index is 12.9. The van der Waals surface area contributed by atoms with Gasteiger partial charge in [0.25, 0.3) is 0 Å². The number of anilines is 2. The van der Waals surface area contributed by atoms with Gasteiger partial charge in [-0.2, -0.15) is 0 Å². The maximum Gasteiger partial charge on any atom is 0.228 e. The summed E-state index contributed by atoms with van der Waals surface area (Å²) in [6.45, 7) is 1.80. The Morgan fingerprint density at radius 2 is 1.79 bits per heavy atom. The molecule has 6 nitrogen and oxygen atoms in total. The first-order valence-corrected chi connectivity index (χ1v) is 9.68. The van der Waals surface area contributed by atoms with Crippen LogP contribution in [0.2, 0.25) is 0 Å². The van der Waals surface area contributed by atoms with E-state index in [0.29, 0.717) is 30.5 Å². The van der Waals surface area contributed by atoms with Crippen LogP contribution in [0.15, 0.2) is 42.5 Å². The van der Waals surface area contributed by atoms with E-state index in [4.69, 9.17) is 5.73 Å². The number of rotatable bonds is 2. The lowest BCUT2D eigenvalue weighted by atomic mass is 9.78. The molecule has 0 bridgehead atoms. The zero-order chi connectivity index (χ0) is 20.1. The van der Waals surface area contributed by atoms with E-state index in [1.165, 1.54) is 0 Å². The number of nitrogens with zero attached hydrogens (tertiary/aromatic N) is 2. The molecule has 5 rings (SSSR count). The molecule has 2 aromatic carbocycles. The van der Waals surface area contributed by atoms with Gasteiger partial charge in [0.2, 0.25) is 11.9 Å². The Kier molecular flexibility index (Phi) is 3.94. The number of aryl methyl sites for hydroxylation is 1. The quantitative estimate of drug-likeness (QED) is 0.705. The highest BCUT2D eigenvalue weighted by atomic mass is 16.1. The van der Waals surface area contributed by atoms with Crippen LogP contribution in [0.4, 0.5) is 11.6 Å². The van der Waals surface area contributed by atoms with Crippen LogP contribution >= 0.6 is 0 Å². The molecule has 0 radical (unpaired) electrons. The van der Waals surface area contributed by atoms with E-state index in [2.05, 4.69) is 27.4 Å². The minimum atomic E-state index is -0.00661. The van der Waals surface area contributed by atoms with Crippen LogP contribution in [0.25, 0.3) is 11.1 Å². The van der Waals surface area contributed by atoms with Crippen molar-refractivity contribution in [2.45, 2.75) is 32.1 Å². The second-order valence-electron chi connectivity index (χ2n) is 7.67. The Bertz CT molecular complexity index is 1190. The number of ketones is 1. The van der Waals surface area contributed by atoms with Crippen LogP contribution in [-0.4, -0.2) is 21.7 Å². The third kappa shape index (κ3) is 2.88. The molecule has 2 heterocycles. The van der Waals surface area contributed by atoms with Gasteiger partial charge in [-0.15, -0.1) is 0 Å². The number of aromatic nitrogens is 2. The molecule has 144 valence electrons. The molecule has 0 saturated heterocycles. The number of fused-ring (bicyclic) bond motifs is 2. The van der Waals surface area contributed by atoms with Crippen molar-refractivity contribution in [2.24, 2.45) is 0 Å². The summed E-state index contributed by atoms with van der Waals surface area (Å²) in [5.41, 5.74) is 12.8. The minimum Gasteiger partial charge on any atom is -0.368 e. The average Bonchev–Trinajstić information content (AvgIpc) is 3.07. The monoisotopic (exact) mass is 384 g/mol. The third-order valence-electron chi connectivity index (χ3n) is 5.79. The van der Waals surface area contributed by atoms with Gasteiger partial charge in [-0.25, -0.2) is 9.97 Å². The van der Waals surface area contributed by atoms with Gasteiger partial charge >= 0.3 is 0 Å². The fourth-order valence-electron chi connectivity index (χ4n) is 4.59. The van der Waals surface area contributed by atoms with E-state index < -0.39 is 0 Å². The molecule has 1 aromatic heterocycles. The van der Waals surface area contributed by atoms with Crippen molar-refractivity contribution in [3.63, 3.8) is 0 Å². The zero-order valence-electron chi connectivity index (χ0n) is 16.0. The average molecular weight is 384 g/mol. The molecule has 3 aromatic rings. The number of carbonyl (C=O) groups excluding carboxylic acids is 2. The Morgan fingerprint density at radius 1 is 1.00 bits per heavy atom. The van der Waals surface area contributed by atoms with Crippen molar-refractivity contribution in [2.75, 3.05) is 11.1 Å². The third-order valence-corrected chi connectivity index (χ3v) is 5.79. The van der Waals surface area contributed by atoms with E-state index in [9.17, 15) is 9.59 Å². The molecule has 2 aliphatic rings. The normalized spacial score (nSPS) is 17.6. The molecular formula is C23H20N4O2. The number of benzene rings is 2. The highest BCUT2D eigenvalue weighted by Gasteiger charge is 2.31. The summed E-state index contributed by atoms with van der Waals surface area (Å²) in [7, 11) is 0. The van der Waals surface area contributed by atoms with E-state index in [1.807, 2.05) is 30.3 Å². The summed E-state index contributed by atoms with van der Waals surface area (Å²) in [4.78, 5) is 33.3. The largest absolute Gasteiger partial charge is 0.368 e. The van der Waals surface area contributed by atoms with Crippen molar-refractivity contribution in [3.05, 3.63) is 70.5 Å². The number of carbonyl (C=O) groups is 2. The molecule has 0 spiro atoms. The Hall–Kier alpha value is -3.54. The summed E-state index contributed by atoms with van der Waals surface area (Å²) >= 11 is 0. The van der Waals surface area contributed by atoms with Gasteiger partial charge in [0, 0.05) is 12.0 Å². The first-order chi connectivity index (χ1) is 14.0. The second-order valence-corrected chi connectivity index (χ2v) is 7.67. The Labute approximate surface area is 168 Å².